The maximum absolute atomic E-state index is 13.2. The van der Waals surface area contributed by atoms with Crippen LogP contribution in [-0.4, -0.2) is 4.98 Å². The molecule has 0 amide bonds. The number of aryl methyl sites for hydroxylation is 2. The van der Waals surface area contributed by atoms with Crippen molar-refractivity contribution in [1.82, 2.24) is 4.98 Å². The van der Waals surface area contributed by atoms with Crippen molar-refractivity contribution in [3.63, 3.8) is 0 Å². The standard InChI is InChI=1S/C11H11FN2/c1-6-4-10-8(5-9(6)12)3-7(2)11(13)14-10/h3-5H,1-2H3,(H2,13,14). The van der Waals surface area contributed by atoms with Crippen LogP contribution in [0.5, 0.6) is 0 Å². The molecule has 2 nitrogen and oxygen atoms in total. The van der Waals surface area contributed by atoms with Crippen LogP contribution in [0.4, 0.5) is 10.2 Å². The Bertz CT molecular complexity index is 417. The molecule has 0 saturated carbocycles. The fourth-order valence-electron chi connectivity index (χ4n) is 1.42. The smallest absolute Gasteiger partial charge is 0.127 e. The van der Waals surface area contributed by atoms with E-state index in [1.165, 1.54) is 6.07 Å². The van der Waals surface area contributed by atoms with Crippen LogP contribution < -0.4 is 5.73 Å². The van der Waals surface area contributed by atoms with Gasteiger partial charge in [-0.2, -0.15) is 0 Å². The summed E-state index contributed by atoms with van der Waals surface area (Å²) in [5, 5.41) is 0.791. The summed E-state index contributed by atoms with van der Waals surface area (Å²) in [5.74, 6) is 0.298. The highest BCUT2D eigenvalue weighted by molar-refractivity contribution is 5.82. The summed E-state index contributed by atoms with van der Waals surface area (Å²) < 4.78 is 13.2. The van der Waals surface area contributed by atoms with Crippen LogP contribution in [0.3, 0.4) is 0 Å². The van der Waals surface area contributed by atoms with Gasteiger partial charge in [0.25, 0.3) is 0 Å². The lowest BCUT2D eigenvalue weighted by Gasteiger charge is -2.04. The van der Waals surface area contributed by atoms with E-state index < -0.39 is 0 Å². The van der Waals surface area contributed by atoms with Gasteiger partial charge in [0.2, 0.25) is 0 Å². The van der Waals surface area contributed by atoms with E-state index in [4.69, 9.17) is 5.73 Å². The minimum absolute atomic E-state index is 0.205. The number of fused-ring (bicyclic) bond motifs is 1. The number of anilines is 1. The zero-order valence-electron chi connectivity index (χ0n) is 8.13. The third kappa shape index (κ3) is 1.31. The molecule has 2 N–H and O–H groups in total. The van der Waals surface area contributed by atoms with E-state index in [1.54, 1.807) is 13.0 Å². The highest BCUT2D eigenvalue weighted by Crippen LogP contribution is 2.20. The number of hydrogen-bond donors (Lipinski definition) is 1. The largest absolute Gasteiger partial charge is 0.383 e. The number of nitrogen functional groups attached to an aromatic ring is 1. The molecule has 14 heavy (non-hydrogen) atoms. The average molecular weight is 190 g/mol. The van der Waals surface area contributed by atoms with Crippen molar-refractivity contribution in [3.8, 4) is 0 Å². The van der Waals surface area contributed by atoms with E-state index in [1.807, 2.05) is 13.0 Å². The fourth-order valence-corrected chi connectivity index (χ4v) is 1.42. The molecular weight excluding hydrogens is 179 g/mol. The van der Waals surface area contributed by atoms with Crippen molar-refractivity contribution in [2.45, 2.75) is 13.8 Å². The summed E-state index contributed by atoms with van der Waals surface area (Å²) in [5.41, 5.74) is 7.88. The second kappa shape index (κ2) is 2.94. The Hall–Kier alpha value is -1.64. The van der Waals surface area contributed by atoms with Gasteiger partial charge in [0, 0.05) is 5.39 Å². The number of pyridine rings is 1. The Morgan fingerprint density at radius 3 is 2.57 bits per heavy atom. The SMILES string of the molecule is Cc1cc2nc(N)c(C)cc2cc1F. The molecule has 72 valence electrons. The lowest BCUT2D eigenvalue weighted by Crippen LogP contribution is -1.95. The number of aromatic nitrogens is 1. The van der Waals surface area contributed by atoms with E-state index in [0.717, 1.165) is 16.5 Å². The molecule has 1 aromatic heterocycles. The molecule has 0 fully saturated rings. The lowest BCUT2D eigenvalue weighted by molar-refractivity contribution is 0.620. The third-order valence-corrected chi connectivity index (χ3v) is 2.32. The zero-order chi connectivity index (χ0) is 10.3. The minimum atomic E-state index is -0.205. The third-order valence-electron chi connectivity index (χ3n) is 2.32. The van der Waals surface area contributed by atoms with Gasteiger partial charge in [0.05, 0.1) is 5.52 Å². The van der Waals surface area contributed by atoms with Gasteiger partial charge in [0.15, 0.2) is 0 Å². The van der Waals surface area contributed by atoms with Crippen molar-refractivity contribution >= 4 is 16.7 Å². The number of nitrogens with zero attached hydrogens (tertiary/aromatic N) is 1. The van der Waals surface area contributed by atoms with Crippen LogP contribution in [0.1, 0.15) is 11.1 Å². The maximum Gasteiger partial charge on any atom is 0.127 e. The first-order chi connectivity index (χ1) is 6.58. The summed E-state index contributed by atoms with van der Waals surface area (Å²) in [4.78, 5) is 4.19. The van der Waals surface area contributed by atoms with Gasteiger partial charge >= 0.3 is 0 Å². The topological polar surface area (TPSA) is 38.9 Å². The quantitative estimate of drug-likeness (QED) is 0.693. The highest BCUT2D eigenvalue weighted by Gasteiger charge is 2.04. The second-order valence-corrected chi connectivity index (χ2v) is 3.48. The van der Waals surface area contributed by atoms with Crippen LogP contribution in [0.15, 0.2) is 18.2 Å². The Morgan fingerprint density at radius 2 is 1.86 bits per heavy atom. The van der Waals surface area contributed by atoms with Crippen LogP contribution in [-0.2, 0) is 0 Å². The van der Waals surface area contributed by atoms with Crippen molar-refractivity contribution in [2.24, 2.45) is 0 Å². The van der Waals surface area contributed by atoms with E-state index >= 15 is 0 Å². The average Bonchev–Trinajstić information content (AvgIpc) is 2.11. The Balaban J connectivity index is 2.83. The number of hydrogen-bond acceptors (Lipinski definition) is 2. The van der Waals surface area contributed by atoms with Gasteiger partial charge in [-0.05, 0) is 43.2 Å². The van der Waals surface area contributed by atoms with Gasteiger partial charge in [-0.25, -0.2) is 9.37 Å². The van der Waals surface area contributed by atoms with Gasteiger partial charge < -0.3 is 5.73 Å². The Morgan fingerprint density at radius 1 is 1.14 bits per heavy atom. The van der Waals surface area contributed by atoms with E-state index in [-0.39, 0.29) is 5.82 Å². The summed E-state index contributed by atoms with van der Waals surface area (Å²) in [6, 6.07) is 5.05. The van der Waals surface area contributed by atoms with Crippen LogP contribution in [0.2, 0.25) is 0 Å². The Labute approximate surface area is 81.6 Å². The molecule has 0 aliphatic carbocycles. The molecular formula is C11H11FN2. The molecule has 3 heteroatoms. The van der Waals surface area contributed by atoms with E-state index in [0.29, 0.717) is 11.4 Å². The number of rotatable bonds is 0. The Kier molecular flexibility index (Phi) is 1.88. The molecule has 0 spiro atoms. The predicted molar refractivity (Wildman–Crippen MR) is 55.6 cm³/mol. The van der Waals surface area contributed by atoms with Gasteiger partial charge in [-0.1, -0.05) is 0 Å². The monoisotopic (exact) mass is 190 g/mol. The van der Waals surface area contributed by atoms with Crippen molar-refractivity contribution in [3.05, 3.63) is 35.1 Å². The van der Waals surface area contributed by atoms with Crippen molar-refractivity contribution in [1.29, 1.82) is 0 Å². The molecule has 2 aromatic rings. The van der Waals surface area contributed by atoms with Crippen LogP contribution in [0.25, 0.3) is 10.9 Å². The molecule has 0 radical (unpaired) electrons. The molecule has 1 heterocycles. The summed E-state index contributed by atoms with van der Waals surface area (Å²) in [6.07, 6.45) is 0. The van der Waals surface area contributed by atoms with Crippen LogP contribution >= 0.6 is 0 Å². The first-order valence-electron chi connectivity index (χ1n) is 4.41. The molecule has 0 unspecified atom stereocenters. The number of nitrogens with two attached hydrogens (primary N) is 1. The van der Waals surface area contributed by atoms with E-state index in [9.17, 15) is 4.39 Å². The molecule has 0 aliphatic heterocycles. The van der Waals surface area contributed by atoms with E-state index in [2.05, 4.69) is 4.98 Å². The molecule has 1 aromatic carbocycles. The molecule has 0 aliphatic rings. The maximum atomic E-state index is 13.2. The van der Waals surface area contributed by atoms with Crippen molar-refractivity contribution in [2.75, 3.05) is 5.73 Å². The summed E-state index contributed by atoms with van der Waals surface area (Å²) >= 11 is 0. The lowest BCUT2D eigenvalue weighted by atomic mass is 10.1. The zero-order valence-corrected chi connectivity index (χ0v) is 8.13. The second-order valence-electron chi connectivity index (χ2n) is 3.48. The number of halogens is 1. The molecule has 0 bridgehead atoms. The molecule has 0 atom stereocenters. The minimum Gasteiger partial charge on any atom is -0.383 e. The highest BCUT2D eigenvalue weighted by atomic mass is 19.1. The van der Waals surface area contributed by atoms with Gasteiger partial charge in [-0.15, -0.1) is 0 Å². The van der Waals surface area contributed by atoms with Crippen LogP contribution in [0, 0.1) is 19.7 Å². The van der Waals surface area contributed by atoms with Gasteiger partial charge in [-0.3, -0.25) is 0 Å². The van der Waals surface area contributed by atoms with Gasteiger partial charge in [0.1, 0.15) is 11.6 Å². The number of benzene rings is 1. The first kappa shape index (κ1) is 8.94. The summed E-state index contributed by atoms with van der Waals surface area (Å²) in [7, 11) is 0. The first-order valence-corrected chi connectivity index (χ1v) is 4.41. The fraction of sp³-hybridized carbons (Fsp3) is 0.182. The predicted octanol–water partition coefficient (Wildman–Crippen LogP) is 2.57. The molecule has 2 rings (SSSR count). The van der Waals surface area contributed by atoms with Crippen molar-refractivity contribution < 1.29 is 4.39 Å². The summed E-state index contributed by atoms with van der Waals surface area (Å²) in [6.45, 7) is 3.58. The normalized spacial score (nSPS) is 10.8. The molecule has 0 saturated heterocycles.